The number of aromatic nitrogens is 3. The predicted octanol–water partition coefficient (Wildman–Crippen LogP) is 0.669. The molecule has 0 unspecified atom stereocenters. The van der Waals surface area contributed by atoms with Crippen LogP contribution >= 0.6 is 0 Å². The molecule has 9 heteroatoms. The third kappa shape index (κ3) is 9.37. The minimum atomic E-state index is -0.258. The van der Waals surface area contributed by atoms with Crippen LogP contribution in [0.5, 0.6) is 0 Å². The van der Waals surface area contributed by atoms with Crippen LogP contribution in [0.4, 0.5) is 0 Å². The van der Waals surface area contributed by atoms with Gasteiger partial charge >= 0.3 is 0 Å². The van der Waals surface area contributed by atoms with Gasteiger partial charge in [-0.05, 0) is 27.2 Å². The second-order valence-electron chi connectivity index (χ2n) is 7.43. The highest BCUT2D eigenvalue weighted by atomic mass is 16.5. The van der Waals surface area contributed by atoms with E-state index in [9.17, 15) is 4.79 Å². The molecule has 0 aliphatic rings. The summed E-state index contributed by atoms with van der Waals surface area (Å²) in [5.41, 5.74) is -0.258. The van der Waals surface area contributed by atoms with E-state index in [1.807, 2.05) is 37.3 Å². The molecule has 1 aromatic rings. The number of likely N-dealkylation sites (N-methyl/N-ethyl adjacent to an activating group) is 1. The van der Waals surface area contributed by atoms with Gasteiger partial charge < -0.3 is 24.8 Å². The molecule has 9 nitrogen and oxygen atoms in total. The molecule has 0 aliphatic carbocycles. The van der Waals surface area contributed by atoms with Crippen LogP contribution in [0.25, 0.3) is 0 Å². The number of nitrogens with one attached hydrogen (secondary N) is 2. The lowest BCUT2D eigenvalue weighted by Crippen LogP contribution is -2.49. The maximum atomic E-state index is 12.2. The van der Waals surface area contributed by atoms with Crippen molar-refractivity contribution in [3.05, 3.63) is 12.2 Å². The molecule has 1 aromatic heterocycles. The van der Waals surface area contributed by atoms with Gasteiger partial charge in [0.15, 0.2) is 5.96 Å². The maximum absolute atomic E-state index is 12.2. The van der Waals surface area contributed by atoms with Crippen LogP contribution in [0.2, 0.25) is 0 Å². The number of methoxy groups -OCH3 is 1. The Hall–Kier alpha value is -2.16. The first-order valence-electron chi connectivity index (χ1n) is 9.43. The van der Waals surface area contributed by atoms with Gasteiger partial charge in [0.25, 0.3) is 0 Å². The van der Waals surface area contributed by atoms with Crippen LogP contribution in [-0.2, 0) is 22.5 Å². The molecule has 0 spiro atoms. The Labute approximate surface area is 162 Å². The van der Waals surface area contributed by atoms with E-state index in [0.29, 0.717) is 25.7 Å². The zero-order valence-corrected chi connectivity index (χ0v) is 17.6. The lowest BCUT2D eigenvalue weighted by Gasteiger charge is -2.25. The molecule has 1 rings (SSSR count). The number of hydrogen-bond acceptors (Lipinski definition) is 5. The summed E-state index contributed by atoms with van der Waals surface area (Å²) in [6.45, 7) is 10.9. The van der Waals surface area contributed by atoms with Crippen molar-refractivity contribution in [2.75, 3.05) is 40.4 Å². The lowest BCUT2D eigenvalue weighted by atomic mass is 10.1. The van der Waals surface area contributed by atoms with Gasteiger partial charge in [0.05, 0.1) is 6.54 Å². The fourth-order valence-electron chi connectivity index (χ4n) is 2.48. The second-order valence-corrected chi connectivity index (χ2v) is 7.43. The van der Waals surface area contributed by atoms with Crippen molar-refractivity contribution in [3.63, 3.8) is 0 Å². The smallest absolute Gasteiger partial charge is 0.240 e. The maximum Gasteiger partial charge on any atom is 0.240 e. The van der Waals surface area contributed by atoms with E-state index in [1.54, 1.807) is 13.4 Å². The number of carbonyl (C=O) groups excluding carboxylic acids is 1. The van der Waals surface area contributed by atoms with E-state index in [0.717, 1.165) is 25.2 Å². The number of ether oxygens (including phenoxy) is 1. The molecule has 0 bridgehead atoms. The van der Waals surface area contributed by atoms with Crippen molar-refractivity contribution < 1.29 is 9.53 Å². The Kier molecular flexibility index (Phi) is 9.77. The molecule has 0 atom stereocenters. The molecule has 1 amide bonds. The highest BCUT2D eigenvalue weighted by Crippen LogP contribution is 1.99. The summed E-state index contributed by atoms with van der Waals surface area (Å²) in [5.74, 6) is 1.61. The number of aliphatic imine (C=N–C) groups is 1. The van der Waals surface area contributed by atoms with Gasteiger partial charge in [0.1, 0.15) is 12.2 Å². The molecule has 27 heavy (non-hydrogen) atoms. The number of hydrogen-bond donors (Lipinski definition) is 2. The van der Waals surface area contributed by atoms with Crippen molar-refractivity contribution >= 4 is 11.9 Å². The third-order valence-electron chi connectivity index (χ3n) is 3.67. The predicted molar refractivity (Wildman–Crippen MR) is 107 cm³/mol. The Morgan fingerprint density at radius 1 is 1.41 bits per heavy atom. The number of aryl methyl sites for hydroxylation is 1. The molecule has 0 saturated carbocycles. The van der Waals surface area contributed by atoms with Crippen molar-refractivity contribution in [2.24, 2.45) is 4.99 Å². The van der Waals surface area contributed by atoms with Gasteiger partial charge in [0.2, 0.25) is 5.91 Å². The van der Waals surface area contributed by atoms with E-state index in [2.05, 4.69) is 32.7 Å². The SMILES string of the molecule is CCc1nncn1CCNC(=NCCCOC)N(C)CC(=O)NC(C)(C)C. The van der Waals surface area contributed by atoms with Crippen LogP contribution < -0.4 is 10.6 Å². The molecular formula is C18H35N7O2. The number of rotatable bonds is 10. The van der Waals surface area contributed by atoms with Gasteiger partial charge in [-0.1, -0.05) is 6.92 Å². The minimum absolute atomic E-state index is 0.0385. The number of nitrogens with zero attached hydrogens (tertiary/aromatic N) is 5. The summed E-state index contributed by atoms with van der Waals surface area (Å²) >= 11 is 0. The second kappa shape index (κ2) is 11.5. The van der Waals surface area contributed by atoms with Crippen LogP contribution in [0, 0.1) is 0 Å². The summed E-state index contributed by atoms with van der Waals surface area (Å²) in [7, 11) is 3.54. The molecule has 0 aliphatic heterocycles. The Morgan fingerprint density at radius 2 is 2.15 bits per heavy atom. The fourth-order valence-corrected chi connectivity index (χ4v) is 2.48. The van der Waals surface area contributed by atoms with Crippen molar-refractivity contribution in [1.29, 1.82) is 0 Å². The number of amides is 1. The molecule has 0 fully saturated rings. The van der Waals surface area contributed by atoms with Crippen molar-refractivity contribution in [2.45, 2.75) is 52.6 Å². The van der Waals surface area contributed by atoms with Crippen molar-refractivity contribution in [1.82, 2.24) is 30.3 Å². The van der Waals surface area contributed by atoms with Crippen LogP contribution in [0.1, 0.15) is 39.9 Å². The number of guanidine groups is 1. The van der Waals surface area contributed by atoms with Gasteiger partial charge in [-0.3, -0.25) is 9.79 Å². The first kappa shape index (κ1) is 22.9. The summed E-state index contributed by atoms with van der Waals surface area (Å²) < 4.78 is 7.09. The molecule has 0 aromatic carbocycles. The molecule has 0 radical (unpaired) electrons. The minimum Gasteiger partial charge on any atom is -0.385 e. The van der Waals surface area contributed by atoms with Gasteiger partial charge in [-0.25, -0.2) is 0 Å². The largest absolute Gasteiger partial charge is 0.385 e. The Bertz CT molecular complexity index is 593. The lowest BCUT2D eigenvalue weighted by molar-refractivity contribution is -0.122. The quantitative estimate of drug-likeness (QED) is 0.351. The van der Waals surface area contributed by atoms with E-state index < -0.39 is 0 Å². The average Bonchev–Trinajstić information content (AvgIpc) is 3.02. The summed E-state index contributed by atoms with van der Waals surface area (Å²) in [6.07, 6.45) is 3.40. The van der Waals surface area contributed by atoms with Crippen LogP contribution in [-0.4, -0.2) is 77.5 Å². The van der Waals surface area contributed by atoms with E-state index in [4.69, 9.17) is 4.74 Å². The van der Waals surface area contributed by atoms with Crippen LogP contribution in [0.3, 0.4) is 0 Å². The summed E-state index contributed by atoms with van der Waals surface area (Å²) in [5, 5.41) is 14.3. The highest BCUT2D eigenvalue weighted by Gasteiger charge is 2.17. The molecule has 1 heterocycles. The topological polar surface area (TPSA) is 96.7 Å². The molecule has 154 valence electrons. The summed E-state index contributed by atoms with van der Waals surface area (Å²) in [4.78, 5) is 18.7. The van der Waals surface area contributed by atoms with E-state index in [1.165, 1.54) is 0 Å². The zero-order valence-electron chi connectivity index (χ0n) is 17.6. The highest BCUT2D eigenvalue weighted by molar-refractivity contribution is 5.86. The first-order chi connectivity index (χ1) is 12.8. The van der Waals surface area contributed by atoms with E-state index in [-0.39, 0.29) is 18.0 Å². The van der Waals surface area contributed by atoms with Crippen LogP contribution in [0.15, 0.2) is 11.3 Å². The molecule has 0 saturated heterocycles. The Morgan fingerprint density at radius 3 is 2.78 bits per heavy atom. The molecule has 2 N–H and O–H groups in total. The van der Waals surface area contributed by atoms with Crippen molar-refractivity contribution in [3.8, 4) is 0 Å². The normalized spacial score (nSPS) is 12.1. The first-order valence-corrected chi connectivity index (χ1v) is 9.43. The zero-order chi connectivity index (χ0) is 20.3. The third-order valence-corrected chi connectivity index (χ3v) is 3.67. The van der Waals surface area contributed by atoms with Gasteiger partial charge in [-0.2, -0.15) is 0 Å². The average molecular weight is 382 g/mol. The van der Waals surface area contributed by atoms with Gasteiger partial charge in [0, 0.05) is 52.4 Å². The standard InChI is InChI=1S/C18H35N7O2/c1-7-15-23-21-14-25(15)11-10-20-17(19-9-8-12-27-6)24(5)13-16(26)22-18(2,3)4/h14H,7-13H2,1-6H3,(H,19,20)(H,22,26). The van der Waals surface area contributed by atoms with Gasteiger partial charge in [-0.15, -0.1) is 10.2 Å². The fraction of sp³-hybridized carbons (Fsp3) is 0.778. The summed E-state index contributed by atoms with van der Waals surface area (Å²) in [6, 6.07) is 0. The molecular weight excluding hydrogens is 346 g/mol. The monoisotopic (exact) mass is 381 g/mol. The Balaban J connectivity index is 2.64. The number of carbonyl (C=O) groups is 1. The van der Waals surface area contributed by atoms with E-state index >= 15 is 0 Å².